The largest absolute Gasteiger partial charge is 0.309 e. The van der Waals surface area contributed by atoms with Gasteiger partial charge in [0.25, 0.3) is 0 Å². The molecule has 8 aromatic rings. The molecule has 0 unspecified atom stereocenters. The van der Waals surface area contributed by atoms with Crippen molar-refractivity contribution in [2.75, 3.05) is 0 Å². The Kier molecular flexibility index (Phi) is 7.97. The highest BCUT2D eigenvalue weighted by molar-refractivity contribution is 9.11. The molecular weight excluding hydrogens is 792 g/mol. The molecule has 0 fully saturated rings. The summed E-state index contributed by atoms with van der Waals surface area (Å²) >= 11 is 10.7. The number of halogens is 3. The van der Waals surface area contributed by atoms with Crippen LogP contribution in [0.15, 0.2) is 166 Å². The number of nitrogens with zero attached hydrogens (tertiary/aromatic N) is 4. The van der Waals surface area contributed by atoms with E-state index >= 15 is 0 Å². The van der Waals surface area contributed by atoms with Gasteiger partial charge in [-0.15, -0.1) is 0 Å². The lowest BCUT2D eigenvalue weighted by Crippen LogP contribution is -2.74. The average Bonchev–Trinajstić information content (AvgIpc) is 3.44. The van der Waals surface area contributed by atoms with Crippen molar-refractivity contribution >= 4 is 98.4 Å². The normalized spacial score (nSPS) is 11.7. The number of aromatic nitrogens is 4. The van der Waals surface area contributed by atoms with E-state index in [1.807, 2.05) is 0 Å². The summed E-state index contributed by atoms with van der Waals surface area (Å²) in [6.07, 6.45) is 0. The fraction of sp³-hybridized carbons (Fsp3) is 0. The van der Waals surface area contributed by atoms with Crippen LogP contribution in [0.5, 0.6) is 0 Å². The van der Waals surface area contributed by atoms with E-state index in [0.29, 0.717) is 15.3 Å². The minimum Gasteiger partial charge on any atom is -0.309 e. The molecule has 0 aliphatic rings. The number of benzene rings is 6. The van der Waals surface area contributed by atoms with E-state index in [4.69, 9.17) is 0 Å². The molecule has 0 atom stereocenters. The van der Waals surface area contributed by atoms with Gasteiger partial charge in [0.2, 0.25) is 9.47 Å². The number of para-hydroxylation sites is 2. The summed E-state index contributed by atoms with van der Waals surface area (Å²) in [7, 11) is -2.92. The quantitative estimate of drug-likeness (QED) is 0.125. The fourth-order valence-corrected chi connectivity index (χ4v) is 13.0. The molecule has 0 aliphatic heterocycles. The van der Waals surface area contributed by atoms with Crippen molar-refractivity contribution < 1.29 is 0 Å². The minimum absolute atomic E-state index is 0.472. The maximum absolute atomic E-state index is 4.66. The van der Waals surface area contributed by atoms with Gasteiger partial charge in [-0.2, -0.15) is 4.98 Å². The van der Waals surface area contributed by atoms with E-state index in [1.165, 1.54) is 42.6 Å². The summed E-state index contributed by atoms with van der Waals surface area (Å²) in [5, 5.41) is 7.57. The molecule has 8 heteroatoms. The van der Waals surface area contributed by atoms with Gasteiger partial charge < -0.3 is 4.57 Å². The van der Waals surface area contributed by atoms with E-state index in [-0.39, 0.29) is 0 Å². The molecule has 8 rings (SSSR count). The molecule has 4 nitrogen and oxygen atoms in total. The first kappa shape index (κ1) is 30.1. The summed E-state index contributed by atoms with van der Waals surface area (Å²) in [5.41, 5.74) is 4.41. The maximum Gasteiger partial charge on any atom is 0.201 e. The molecule has 0 radical (unpaired) electrons. The van der Waals surface area contributed by atoms with Crippen LogP contribution in [0.2, 0.25) is 0 Å². The van der Waals surface area contributed by atoms with E-state index in [1.54, 1.807) is 0 Å². The summed E-state index contributed by atoms with van der Waals surface area (Å²) in [5.74, 6) is 0.579. The molecule has 0 saturated heterocycles. The molecule has 0 N–H and O–H groups in total. The van der Waals surface area contributed by atoms with Gasteiger partial charge in [0.05, 0.1) is 11.0 Å². The number of hydrogen-bond acceptors (Lipinski definition) is 3. The van der Waals surface area contributed by atoms with Gasteiger partial charge in [-0.3, -0.25) is 0 Å². The maximum atomic E-state index is 4.66. The van der Waals surface area contributed by atoms with E-state index < -0.39 is 8.07 Å². The van der Waals surface area contributed by atoms with E-state index in [9.17, 15) is 0 Å². The highest BCUT2D eigenvalue weighted by Crippen LogP contribution is 2.32. The molecule has 0 bridgehead atoms. The van der Waals surface area contributed by atoms with Gasteiger partial charge in [-0.05, 0) is 89.0 Å². The lowest BCUT2D eigenvalue weighted by atomic mass is 10.2. The monoisotopic (exact) mass is 814 g/mol. The predicted molar refractivity (Wildman–Crippen MR) is 206 cm³/mol. The summed E-state index contributed by atoms with van der Waals surface area (Å²) < 4.78 is 4.26. The highest BCUT2D eigenvalue weighted by Gasteiger charge is 2.42. The number of hydrogen-bond donors (Lipinski definition) is 0. The second-order valence-electron chi connectivity index (χ2n) is 11.3. The molecule has 0 spiro atoms. The van der Waals surface area contributed by atoms with Crippen LogP contribution in [-0.4, -0.2) is 27.6 Å². The van der Waals surface area contributed by atoms with Crippen LogP contribution in [0.3, 0.4) is 0 Å². The molecule has 0 aliphatic carbocycles. The standard InChI is InChI=1S/C39H25Br3N4Si/c40-34-23-22-30(25-33(34)37-43-38(41)45-39(42)44-37)47(27-13-3-1-4-14-27,28-15-5-2-6-16-28)29-17-11-12-26(24-29)46-35-20-9-7-18-31(35)32-19-8-10-21-36(32)46/h1-25H. The zero-order valence-electron chi connectivity index (χ0n) is 24.9. The Labute approximate surface area is 298 Å². The third-order valence-corrected chi connectivity index (χ3v) is 14.9. The van der Waals surface area contributed by atoms with Crippen molar-refractivity contribution in [3.05, 3.63) is 166 Å². The zero-order chi connectivity index (χ0) is 32.0. The average molecular weight is 817 g/mol. The number of rotatable bonds is 6. The van der Waals surface area contributed by atoms with Crippen molar-refractivity contribution in [1.29, 1.82) is 0 Å². The van der Waals surface area contributed by atoms with Crippen molar-refractivity contribution in [3.8, 4) is 17.1 Å². The van der Waals surface area contributed by atoms with Crippen molar-refractivity contribution in [1.82, 2.24) is 19.5 Å². The molecule has 6 aromatic carbocycles. The van der Waals surface area contributed by atoms with Gasteiger partial charge in [0.15, 0.2) is 13.9 Å². The number of fused-ring (bicyclic) bond motifs is 3. The van der Waals surface area contributed by atoms with Crippen LogP contribution in [0.4, 0.5) is 0 Å². The first-order chi connectivity index (χ1) is 23.0. The second kappa shape index (κ2) is 12.4. The predicted octanol–water partition coefficient (Wildman–Crippen LogP) is 8.30. The first-order valence-electron chi connectivity index (χ1n) is 15.1. The van der Waals surface area contributed by atoms with Crippen molar-refractivity contribution in [2.45, 2.75) is 0 Å². The Hall–Kier alpha value is -4.21. The topological polar surface area (TPSA) is 43.6 Å². The van der Waals surface area contributed by atoms with Crippen molar-refractivity contribution in [3.63, 3.8) is 0 Å². The van der Waals surface area contributed by atoms with Crippen molar-refractivity contribution in [2.24, 2.45) is 0 Å². The highest BCUT2D eigenvalue weighted by atomic mass is 79.9. The first-order valence-corrected chi connectivity index (χ1v) is 19.5. The minimum atomic E-state index is -2.92. The van der Waals surface area contributed by atoms with Crippen LogP contribution in [0.1, 0.15) is 0 Å². The Morgan fingerprint density at radius 3 is 1.55 bits per heavy atom. The van der Waals surface area contributed by atoms with E-state index in [0.717, 1.165) is 15.7 Å². The molecule has 47 heavy (non-hydrogen) atoms. The second-order valence-corrected chi connectivity index (χ2v) is 17.4. The van der Waals surface area contributed by atoms with Gasteiger partial charge in [-0.25, -0.2) is 9.97 Å². The Morgan fingerprint density at radius 2 is 0.957 bits per heavy atom. The smallest absolute Gasteiger partial charge is 0.201 e. The van der Waals surface area contributed by atoms with Gasteiger partial charge in [0, 0.05) is 26.5 Å². The summed E-state index contributed by atoms with van der Waals surface area (Å²) in [6, 6.07) is 55.0. The molecule has 0 saturated carbocycles. The third-order valence-electron chi connectivity index (χ3n) is 8.75. The van der Waals surface area contributed by atoms with Crippen LogP contribution in [0, 0.1) is 0 Å². The van der Waals surface area contributed by atoms with Gasteiger partial charge in [-0.1, -0.05) is 131 Å². The molecule has 0 amide bonds. The molecule has 2 heterocycles. The lowest BCUT2D eigenvalue weighted by molar-refractivity contribution is 0.983. The fourth-order valence-electron chi connectivity index (χ4n) is 6.83. The van der Waals surface area contributed by atoms with Crippen LogP contribution >= 0.6 is 47.8 Å². The Bertz CT molecular complexity index is 2300. The zero-order valence-corrected chi connectivity index (χ0v) is 30.6. The molecular formula is C39H25Br3N4Si. The Balaban J connectivity index is 1.46. The summed E-state index contributed by atoms with van der Waals surface area (Å²) in [6.45, 7) is 0. The molecule has 2 aromatic heterocycles. The SMILES string of the molecule is Brc1nc(Br)nc(-c2cc([Si](c3ccccc3)(c3ccccc3)c3cccc(-n4c5ccccc5c5ccccc54)c3)ccc2Br)n1. The Morgan fingerprint density at radius 1 is 0.447 bits per heavy atom. The van der Waals surface area contributed by atoms with Crippen LogP contribution in [0.25, 0.3) is 38.9 Å². The van der Waals surface area contributed by atoms with Gasteiger partial charge >= 0.3 is 0 Å². The molecule has 226 valence electrons. The van der Waals surface area contributed by atoms with E-state index in [2.05, 4.69) is 219 Å². The summed E-state index contributed by atoms with van der Waals surface area (Å²) in [4.78, 5) is 13.6. The third kappa shape index (κ3) is 5.20. The lowest BCUT2D eigenvalue weighted by Gasteiger charge is -2.35. The van der Waals surface area contributed by atoms with Crippen LogP contribution in [-0.2, 0) is 0 Å². The van der Waals surface area contributed by atoms with Crippen LogP contribution < -0.4 is 20.7 Å². The van der Waals surface area contributed by atoms with Gasteiger partial charge in [0.1, 0.15) is 0 Å².